The van der Waals surface area contributed by atoms with Crippen LogP contribution in [0.4, 0.5) is 0 Å². The van der Waals surface area contributed by atoms with Crippen LogP contribution in [0.15, 0.2) is 18.5 Å². The van der Waals surface area contributed by atoms with E-state index in [1.54, 1.807) is 18.5 Å². The van der Waals surface area contributed by atoms with Crippen molar-refractivity contribution in [1.29, 1.82) is 5.26 Å². The predicted octanol–water partition coefficient (Wildman–Crippen LogP) is 0.934. The van der Waals surface area contributed by atoms with E-state index in [9.17, 15) is 8.42 Å². The smallest absolute Gasteiger partial charge is 0.227 e. The van der Waals surface area contributed by atoms with E-state index in [0.29, 0.717) is 24.4 Å². The number of H-pyrrole nitrogens is 1. The molecule has 1 fully saturated rings. The molecule has 3 aromatic rings. The van der Waals surface area contributed by atoms with Gasteiger partial charge in [-0.25, -0.2) is 12.7 Å². The van der Waals surface area contributed by atoms with Gasteiger partial charge in [0.15, 0.2) is 11.4 Å². The molecule has 128 valence electrons. The van der Waals surface area contributed by atoms with Gasteiger partial charge in [-0.15, -0.1) is 15.3 Å². The molecule has 1 unspecified atom stereocenters. The molecular weight excluding hydrogens is 342 g/mol. The average molecular weight is 357 g/mol. The Morgan fingerprint density at radius 3 is 3.08 bits per heavy atom. The molecule has 0 saturated carbocycles. The fourth-order valence-corrected chi connectivity index (χ4v) is 4.57. The summed E-state index contributed by atoms with van der Waals surface area (Å²) in [7, 11) is -3.56. The first-order valence-corrected chi connectivity index (χ1v) is 9.51. The van der Waals surface area contributed by atoms with Gasteiger partial charge in [-0.1, -0.05) is 0 Å². The van der Waals surface area contributed by atoms with Gasteiger partial charge in [0.2, 0.25) is 15.7 Å². The molecule has 1 aliphatic heterocycles. The normalized spacial score (nSPS) is 19.2. The number of nitrogens with zero attached hydrogens (tertiary/aromatic N) is 6. The second-order valence-electron chi connectivity index (χ2n) is 6.05. The number of fused-ring (bicyclic) bond motifs is 3. The molecule has 4 heterocycles. The lowest BCUT2D eigenvalue weighted by Crippen LogP contribution is -2.40. The van der Waals surface area contributed by atoms with Crippen LogP contribution in [0.2, 0.25) is 0 Å². The van der Waals surface area contributed by atoms with Gasteiger partial charge in [0, 0.05) is 36.0 Å². The molecule has 0 aromatic carbocycles. The van der Waals surface area contributed by atoms with Crippen LogP contribution in [-0.4, -0.2) is 56.9 Å². The Bertz CT molecular complexity index is 1090. The van der Waals surface area contributed by atoms with Gasteiger partial charge >= 0.3 is 0 Å². The standard InChI is InChI=1S/C15H15N7O2S/c16-4-7-25(23,24)22-6-1-2-10(9-22)12-8-18-19-15-13(12)11-3-5-17-14(11)20-21-15/h3,5,8,10H,1-2,6-7,9H2,(H,17,20). The molecule has 1 saturated heterocycles. The molecule has 9 nitrogen and oxygen atoms in total. The monoisotopic (exact) mass is 357 g/mol. The molecule has 3 aromatic heterocycles. The SMILES string of the molecule is N#CCS(=O)(=O)N1CCCC(c2cnnc3nnc4[nH]ccc4c23)C1. The van der Waals surface area contributed by atoms with Gasteiger partial charge in [0.1, 0.15) is 0 Å². The van der Waals surface area contributed by atoms with Crippen molar-refractivity contribution in [1.82, 2.24) is 29.7 Å². The summed E-state index contributed by atoms with van der Waals surface area (Å²) in [5, 5.41) is 26.8. The van der Waals surface area contributed by atoms with Crippen molar-refractivity contribution in [3.05, 3.63) is 24.0 Å². The first-order chi connectivity index (χ1) is 12.1. The molecule has 0 aliphatic carbocycles. The summed E-state index contributed by atoms with van der Waals surface area (Å²) >= 11 is 0. The van der Waals surface area contributed by atoms with E-state index < -0.39 is 15.8 Å². The van der Waals surface area contributed by atoms with E-state index in [4.69, 9.17) is 5.26 Å². The van der Waals surface area contributed by atoms with E-state index >= 15 is 0 Å². The fraction of sp³-hybridized carbons (Fsp3) is 0.400. The Morgan fingerprint density at radius 2 is 2.24 bits per heavy atom. The lowest BCUT2D eigenvalue weighted by Gasteiger charge is -2.31. The van der Waals surface area contributed by atoms with Crippen LogP contribution >= 0.6 is 0 Å². The van der Waals surface area contributed by atoms with Gasteiger partial charge in [0.25, 0.3) is 0 Å². The minimum Gasteiger partial charge on any atom is -0.345 e. The van der Waals surface area contributed by atoms with Crippen LogP contribution in [0.1, 0.15) is 24.3 Å². The van der Waals surface area contributed by atoms with Crippen molar-refractivity contribution >= 4 is 32.1 Å². The van der Waals surface area contributed by atoms with E-state index in [1.807, 2.05) is 6.07 Å². The summed E-state index contributed by atoms with van der Waals surface area (Å²) in [4.78, 5) is 3.03. The highest BCUT2D eigenvalue weighted by molar-refractivity contribution is 7.89. The number of sulfonamides is 1. The molecule has 0 spiro atoms. The van der Waals surface area contributed by atoms with E-state index in [1.165, 1.54) is 4.31 Å². The topological polar surface area (TPSA) is 129 Å². The Labute approximate surface area is 143 Å². The number of rotatable bonds is 3. The van der Waals surface area contributed by atoms with Crippen LogP contribution in [-0.2, 0) is 10.0 Å². The lowest BCUT2D eigenvalue weighted by atomic mass is 9.90. The number of aromatic amines is 1. The third kappa shape index (κ3) is 2.71. The van der Waals surface area contributed by atoms with Crippen LogP contribution in [0.3, 0.4) is 0 Å². The second-order valence-corrected chi connectivity index (χ2v) is 8.02. The zero-order valence-electron chi connectivity index (χ0n) is 13.3. The number of aromatic nitrogens is 5. The third-order valence-corrected chi connectivity index (χ3v) is 6.18. The highest BCUT2D eigenvalue weighted by atomic mass is 32.2. The Morgan fingerprint density at radius 1 is 1.36 bits per heavy atom. The van der Waals surface area contributed by atoms with Crippen molar-refractivity contribution in [2.24, 2.45) is 0 Å². The van der Waals surface area contributed by atoms with Crippen molar-refractivity contribution in [3.63, 3.8) is 0 Å². The Kier molecular flexibility index (Phi) is 3.82. The van der Waals surface area contributed by atoms with Crippen molar-refractivity contribution in [2.45, 2.75) is 18.8 Å². The van der Waals surface area contributed by atoms with Gasteiger partial charge < -0.3 is 4.98 Å². The van der Waals surface area contributed by atoms with Crippen LogP contribution < -0.4 is 0 Å². The first kappa shape index (κ1) is 15.9. The minimum atomic E-state index is -3.56. The van der Waals surface area contributed by atoms with E-state index in [-0.39, 0.29) is 5.92 Å². The number of hydrogen-bond donors (Lipinski definition) is 1. The maximum atomic E-state index is 12.2. The molecule has 0 amide bonds. The number of hydrogen-bond acceptors (Lipinski definition) is 7. The number of piperidine rings is 1. The predicted molar refractivity (Wildman–Crippen MR) is 89.9 cm³/mol. The highest BCUT2D eigenvalue weighted by Crippen LogP contribution is 2.34. The average Bonchev–Trinajstić information content (AvgIpc) is 3.10. The molecule has 0 bridgehead atoms. The maximum absolute atomic E-state index is 12.2. The highest BCUT2D eigenvalue weighted by Gasteiger charge is 2.31. The summed E-state index contributed by atoms with van der Waals surface area (Å²) < 4.78 is 25.9. The molecule has 25 heavy (non-hydrogen) atoms. The zero-order chi connectivity index (χ0) is 17.4. The minimum absolute atomic E-state index is 0.0254. The summed E-state index contributed by atoms with van der Waals surface area (Å²) in [6.07, 6.45) is 5.04. The van der Waals surface area contributed by atoms with Crippen molar-refractivity contribution < 1.29 is 8.42 Å². The van der Waals surface area contributed by atoms with E-state index in [0.717, 1.165) is 29.2 Å². The van der Waals surface area contributed by atoms with Gasteiger partial charge in [-0.2, -0.15) is 10.4 Å². The van der Waals surface area contributed by atoms with Crippen molar-refractivity contribution in [2.75, 3.05) is 18.8 Å². The largest absolute Gasteiger partial charge is 0.345 e. The van der Waals surface area contributed by atoms with Crippen LogP contribution in [0.5, 0.6) is 0 Å². The molecule has 0 radical (unpaired) electrons. The quantitative estimate of drug-likeness (QED) is 0.738. The first-order valence-electron chi connectivity index (χ1n) is 7.90. The van der Waals surface area contributed by atoms with E-state index in [2.05, 4.69) is 25.4 Å². The number of nitrogens with one attached hydrogen (secondary N) is 1. The van der Waals surface area contributed by atoms with Crippen LogP contribution in [0, 0.1) is 11.3 Å². The molecular formula is C15H15N7O2S. The number of nitriles is 1. The Balaban J connectivity index is 1.79. The summed E-state index contributed by atoms with van der Waals surface area (Å²) in [6.45, 7) is 0.773. The molecule has 1 atom stereocenters. The lowest BCUT2D eigenvalue weighted by molar-refractivity contribution is 0.317. The maximum Gasteiger partial charge on any atom is 0.227 e. The van der Waals surface area contributed by atoms with Gasteiger partial charge in [-0.05, 0) is 24.5 Å². The molecule has 10 heteroatoms. The summed E-state index contributed by atoms with van der Waals surface area (Å²) in [5.41, 5.74) is 2.02. The third-order valence-electron chi connectivity index (χ3n) is 4.57. The Hall–Kier alpha value is -2.64. The van der Waals surface area contributed by atoms with Crippen molar-refractivity contribution in [3.8, 4) is 6.07 Å². The fourth-order valence-electron chi connectivity index (χ4n) is 3.41. The molecule has 1 aliphatic rings. The van der Waals surface area contributed by atoms with Gasteiger partial charge in [0.05, 0.1) is 12.3 Å². The summed E-state index contributed by atoms with van der Waals surface area (Å²) in [6, 6.07) is 3.64. The van der Waals surface area contributed by atoms with Gasteiger partial charge in [-0.3, -0.25) is 0 Å². The van der Waals surface area contributed by atoms with Crippen LogP contribution in [0.25, 0.3) is 22.1 Å². The summed E-state index contributed by atoms with van der Waals surface area (Å²) in [5.74, 6) is -0.523. The zero-order valence-corrected chi connectivity index (χ0v) is 14.1. The second kappa shape index (κ2) is 6.02. The molecule has 1 N–H and O–H groups in total. The molecule has 4 rings (SSSR count).